The van der Waals surface area contributed by atoms with E-state index in [4.69, 9.17) is 0 Å². The van der Waals surface area contributed by atoms with Crippen molar-refractivity contribution in [2.24, 2.45) is 9.98 Å². The van der Waals surface area contributed by atoms with Gasteiger partial charge in [-0.3, -0.25) is 9.98 Å². The Bertz CT molecular complexity index is 693. The summed E-state index contributed by atoms with van der Waals surface area (Å²) in [7, 11) is -10.7. The number of aromatic nitrogens is 2. The number of hydrogen-bond donors (Lipinski definition) is 0. The van der Waals surface area contributed by atoms with Gasteiger partial charge in [0.2, 0.25) is 0 Å². The fraction of sp³-hybridized carbons (Fsp3) is 0.375. The fourth-order valence-corrected chi connectivity index (χ4v) is 2.56. The predicted molar refractivity (Wildman–Crippen MR) is 94.3 cm³/mol. The maximum atomic E-state index is 9.87. The van der Waals surface area contributed by atoms with Crippen LogP contribution in [0.2, 0.25) is 0 Å². The third kappa shape index (κ3) is 12.2. The molecule has 2 aromatic heterocycles. The Labute approximate surface area is 173 Å². The van der Waals surface area contributed by atoms with Crippen molar-refractivity contribution in [1.29, 1.82) is 0 Å². The van der Waals surface area contributed by atoms with E-state index < -0.39 is 7.81 Å². The van der Waals surface area contributed by atoms with Crippen molar-refractivity contribution in [3.8, 4) is 0 Å². The summed E-state index contributed by atoms with van der Waals surface area (Å²) < 4.78 is 59.2. The SMILES string of the molecule is C(=N[C@@H]1CCCC[C@H]1N=Cc1ccc[n-]1)c1ccc[n-]1.F[P-](F)(F)(F)(F)F.[Au+3]. The largest absolute Gasteiger partial charge is 3.00 e. The number of nitrogens with zero attached hydrogens (tertiary/aromatic N) is 4. The van der Waals surface area contributed by atoms with Gasteiger partial charge in [0.25, 0.3) is 0 Å². The minimum atomic E-state index is -10.7. The summed E-state index contributed by atoms with van der Waals surface area (Å²) in [6, 6.07) is 8.34. The van der Waals surface area contributed by atoms with Crippen LogP contribution in [-0.2, 0) is 22.4 Å². The quantitative estimate of drug-likeness (QED) is 0.190. The van der Waals surface area contributed by atoms with E-state index in [2.05, 4.69) is 20.0 Å². The van der Waals surface area contributed by atoms with Crippen molar-refractivity contribution in [1.82, 2.24) is 9.97 Å². The van der Waals surface area contributed by atoms with Gasteiger partial charge < -0.3 is 9.97 Å². The van der Waals surface area contributed by atoms with Crippen molar-refractivity contribution in [3.63, 3.8) is 0 Å². The first-order chi connectivity index (χ1) is 12.4. The average molecular weight is 608 g/mol. The van der Waals surface area contributed by atoms with E-state index in [1.165, 1.54) is 12.8 Å². The van der Waals surface area contributed by atoms with Gasteiger partial charge in [0.05, 0.1) is 12.1 Å². The monoisotopic (exact) mass is 608 g/mol. The Morgan fingerprint density at radius 2 is 1.14 bits per heavy atom. The van der Waals surface area contributed by atoms with Gasteiger partial charge in [-0.2, -0.15) is 12.4 Å². The van der Waals surface area contributed by atoms with E-state index in [9.17, 15) is 25.2 Å². The topological polar surface area (TPSA) is 52.9 Å². The molecule has 28 heavy (non-hydrogen) atoms. The van der Waals surface area contributed by atoms with Crippen LogP contribution < -0.4 is 9.97 Å². The zero-order chi connectivity index (χ0) is 20.0. The second-order valence-corrected chi connectivity index (χ2v) is 7.97. The molecule has 0 saturated heterocycles. The van der Waals surface area contributed by atoms with Crippen molar-refractivity contribution in [2.45, 2.75) is 37.8 Å². The zero-order valence-corrected chi connectivity index (χ0v) is 17.5. The molecule has 1 aliphatic carbocycles. The number of aliphatic imine (C=N–C) groups is 2. The molecule has 0 aliphatic heterocycles. The van der Waals surface area contributed by atoms with Crippen LogP contribution in [0.25, 0.3) is 0 Å². The molecule has 0 radical (unpaired) electrons. The second-order valence-electron chi connectivity index (χ2n) is 6.06. The molecule has 0 N–H and O–H groups in total. The molecule has 0 aromatic carbocycles. The van der Waals surface area contributed by atoms with Gasteiger partial charge in [0.15, 0.2) is 0 Å². The van der Waals surface area contributed by atoms with Gasteiger partial charge in [-0.1, -0.05) is 37.1 Å². The first kappa shape index (κ1) is 24.7. The smallest absolute Gasteiger partial charge is 3.00 e. The van der Waals surface area contributed by atoms with Gasteiger partial charge in [-0.25, -0.2) is 0 Å². The molecule has 0 bridgehead atoms. The van der Waals surface area contributed by atoms with Crippen LogP contribution in [0.5, 0.6) is 0 Å². The van der Waals surface area contributed by atoms with Gasteiger partial charge in [0.1, 0.15) is 0 Å². The van der Waals surface area contributed by atoms with E-state index in [0.29, 0.717) is 0 Å². The van der Waals surface area contributed by atoms with E-state index >= 15 is 0 Å². The van der Waals surface area contributed by atoms with Gasteiger partial charge in [-0.15, -0.1) is 11.4 Å². The fourth-order valence-electron chi connectivity index (χ4n) is 2.56. The second kappa shape index (κ2) is 8.98. The Hall–Kier alpha value is -1.35. The van der Waals surface area contributed by atoms with Crippen LogP contribution in [0.3, 0.4) is 0 Å². The van der Waals surface area contributed by atoms with E-state index in [1.54, 1.807) is 12.4 Å². The molecule has 4 nitrogen and oxygen atoms in total. The van der Waals surface area contributed by atoms with Crippen LogP contribution in [-0.4, -0.2) is 24.5 Å². The van der Waals surface area contributed by atoms with Crippen LogP contribution in [0.1, 0.15) is 37.1 Å². The number of hydrogen-bond acceptors (Lipinski definition) is 2. The maximum Gasteiger partial charge on any atom is 3.00 e. The van der Waals surface area contributed by atoms with Crippen molar-refractivity contribution in [2.75, 3.05) is 0 Å². The summed E-state index contributed by atoms with van der Waals surface area (Å²) in [5, 5.41) is 0. The van der Waals surface area contributed by atoms with Crippen molar-refractivity contribution >= 4 is 20.2 Å². The molecule has 3 rings (SSSR count). The van der Waals surface area contributed by atoms with Crippen LogP contribution in [0.15, 0.2) is 46.6 Å². The molecule has 0 spiro atoms. The van der Waals surface area contributed by atoms with Gasteiger partial charge in [-0.05, 0) is 12.8 Å². The normalized spacial score (nSPS) is 22.8. The Morgan fingerprint density at radius 3 is 1.43 bits per heavy atom. The Kier molecular flexibility index (Phi) is 7.92. The van der Waals surface area contributed by atoms with Crippen LogP contribution in [0, 0.1) is 0 Å². The van der Waals surface area contributed by atoms with Gasteiger partial charge in [0, 0.05) is 12.4 Å². The molecule has 1 aliphatic rings. The molecule has 1 saturated carbocycles. The Morgan fingerprint density at radius 1 is 0.786 bits per heavy atom. The molecular weight excluding hydrogens is 590 g/mol. The minimum Gasteiger partial charge on any atom is 3.00 e. The zero-order valence-electron chi connectivity index (χ0n) is 14.4. The molecule has 0 amide bonds. The molecule has 2 aromatic rings. The number of rotatable bonds is 4. The van der Waals surface area contributed by atoms with Crippen LogP contribution >= 0.6 is 7.81 Å². The molecule has 160 valence electrons. The summed E-state index contributed by atoms with van der Waals surface area (Å²) in [6.07, 6.45) is 12.0. The van der Waals surface area contributed by atoms with Crippen molar-refractivity contribution in [3.05, 3.63) is 48.0 Å². The molecular formula is C16H18AuF6N4P. The molecule has 1 fully saturated rings. The molecule has 12 heteroatoms. The molecule has 2 heterocycles. The van der Waals surface area contributed by atoms with Gasteiger partial charge >= 0.3 is 55.4 Å². The predicted octanol–water partition coefficient (Wildman–Crippen LogP) is 5.83. The first-order valence-corrected chi connectivity index (χ1v) is 10.2. The van der Waals surface area contributed by atoms with E-state index in [1.807, 2.05) is 36.7 Å². The summed E-state index contributed by atoms with van der Waals surface area (Å²) in [5.74, 6) is 0. The van der Waals surface area contributed by atoms with Crippen LogP contribution in [0.4, 0.5) is 25.2 Å². The average Bonchev–Trinajstić information content (AvgIpc) is 3.22. The summed E-state index contributed by atoms with van der Waals surface area (Å²) in [6.45, 7) is 0. The third-order valence-corrected chi connectivity index (χ3v) is 3.64. The Balaban J connectivity index is 0.000000425. The number of halogens is 6. The molecule has 2 atom stereocenters. The standard InChI is InChI=1S/C16H18N4.Au.F6P/c1-2-8-16(20-12-14-6-4-10-18-14)15(7-1)19-11-13-5-3-9-17-13;;1-7(2,3,4,5)6/h3-6,9-12,15-16H,1-2,7-8H2;;/q-2;+3;-1/t15-,16-;;/m1../s1. The van der Waals surface area contributed by atoms with E-state index in [-0.39, 0.29) is 34.5 Å². The summed E-state index contributed by atoms with van der Waals surface area (Å²) in [4.78, 5) is 17.8. The van der Waals surface area contributed by atoms with Crippen molar-refractivity contribution < 1.29 is 47.6 Å². The van der Waals surface area contributed by atoms with E-state index in [0.717, 1.165) is 24.2 Å². The molecule has 0 unspecified atom stereocenters. The maximum absolute atomic E-state index is 10.7. The summed E-state index contributed by atoms with van der Waals surface area (Å²) in [5.41, 5.74) is 1.85. The first-order valence-electron chi connectivity index (χ1n) is 8.15. The minimum absolute atomic E-state index is 0. The summed E-state index contributed by atoms with van der Waals surface area (Å²) >= 11 is 0. The third-order valence-electron chi connectivity index (χ3n) is 3.64.